The predicted molar refractivity (Wildman–Crippen MR) is 115 cm³/mol. The van der Waals surface area contributed by atoms with Crippen LogP contribution in [0.5, 0.6) is 0 Å². The van der Waals surface area contributed by atoms with Crippen LogP contribution in [0.15, 0.2) is 0 Å². The van der Waals surface area contributed by atoms with E-state index in [2.05, 4.69) is 15.5 Å². The number of unbranched alkanes of at least 4 members (excludes halogenated alkanes) is 2. The summed E-state index contributed by atoms with van der Waals surface area (Å²) in [7, 11) is 1.57. The molecule has 4 heterocycles. The molecule has 1 spiro atoms. The minimum absolute atomic E-state index is 0.107. The second kappa shape index (κ2) is 10.0. The summed E-state index contributed by atoms with van der Waals surface area (Å²) in [4.78, 5) is 43.5. The van der Waals surface area contributed by atoms with Gasteiger partial charge in [-0.2, -0.15) is 0 Å². The molecule has 4 aliphatic heterocycles. The summed E-state index contributed by atoms with van der Waals surface area (Å²) >= 11 is 0. The highest BCUT2D eigenvalue weighted by Gasteiger charge is 2.74. The molecule has 180 valence electrons. The number of aliphatic hydroxyl groups is 1. The maximum absolute atomic E-state index is 13.5. The number of likely N-dealkylation sites (tertiary alicyclic amines) is 1. The molecular weight excluding hydrogens is 416 g/mol. The highest BCUT2D eigenvalue weighted by Crippen LogP contribution is 2.58. The minimum Gasteiger partial charge on any atom is -0.396 e. The van der Waals surface area contributed by atoms with Crippen molar-refractivity contribution in [1.82, 2.24) is 20.4 Å². The van der Waals surface area contributed by atoms with Gasteiger partial charge in [0.15, 0.2) is 0 Å². The smallest absolute Gasteiger partial charge is 0.245 e. The van der Waals surface area contributed by atoms with Gasteiger partial charge in [0, 0.05) is 46.4 Å². The number of rotatable bonds is 10. The summed E-state index contributed by atoms with van der Waals surface area (Å²) in [5.74, 6) is -1.71. The number of hydrogen-bond donors (Lipinski definition) is 3. The molecule has 0 aliphatic carbocycles. The van der Waals surface area contributed by atoms with E-state index in [4.69, 9.17) is 14.6 Å². The molecule has 3 amide bonds. The molecule has 0 radical (unpaired) electrons. The van der Waals surface area contributed by atoms with Crippen molar-refractivity contribution in [3.05, 3.63) is 0 Å². The van der Waals surface area contributed by atoms with Crippen LogP contribution >= 0.6 is 0 Å². The number of carbonyl (C=O) groups is 3. The first-order chi connectivity index (χ1) is 15.5. The molecule has 4 saturated heterocycles. The zero-order chi connectivity index (χ0) is 22.7. The Balaban J connectivity index is 1.49. The molecule has 0 aromatic rings. The van der Waals surface area contributed by atoms with Crippen molar-refractivity contribution in [2.75, 3.05) is 59.6 Å². The third-order valence-corrected chi connectivity index (χ3v) is 7.49. The molecule has 0 saturated carbocycles. The van der Waals surface area contributed by atoms with Crippen LogP contribution in [-0.4, -0.2) is 110 Å². The summed E-state index contributed by atoms with van der Waals surface area (Å²) in [6, 6.07) is -0.724. The van der Waals surface area contributed by atoms with E-state index < -0.39 is 23.5 Å². The lowest BCUT2D eigenvalue weighted by atomic mass is 9.70. The molecule has 4 aliphatic rings. The number of carbonyl (C=O) groups excluding carboxylic acids is 3. The van der Waals surface area contributed by atoms with Crippen LogP contribution in [0.4, 0.5) is 0 Å². The zero-order valence-corrected chi connectivity index (χ0v) is 18.9. The fourth-order valence-corrected chi connectivity index (χ4v) is 5.99. The van der Waals surface area contributed by atoms with Crippen molar-refractivity contribution < 1.29 is 29.0 Å². The van der Waals surface area contributed by atoms with E-state index >= 15 is 0 Å². The maximum atomic E-state index is 13.5. The van der Waals surface area contributed by atoms with E-state index in [0.29, 0.717) is 52.0 Å². The van der Waals surface area contributed by atoms with Crippen molar-refractivity contribution in [2.45, 2.75) is 49.9 Å². The second-order valence-corrected chi connectivity index (χ2v) is 9.23. The number of morpholine rings is 1. The zero-order valence-electron chi connectivity index (χ0n) is 18.9. The first-order valence-electron chi connectivity index (χ1n) is 11.9. The Morgan fingerprint density at radius 1 is 1.16 bits per heavy atom. The van der Waals surface area contributed by atoms with Crippen molar-refractivity contribution in [2.24, 2.45) is 11.8 Å². The first-order valence-corrected chi connectivity index (χ1v) is 11.9. The molecule has 32 heavy (non-hydrogen) atoms. The number of amides is 3. The molecule has 0 aromatic heterocycles. The summed E-state index contributed by atoms with van der Waals surface area (Å²) in [5, 5.41) is 14.8. The van der Waals surface area contributed by atoms with Gasteiger partial charge < -0.3 is 30.1 Å². The van der Waals surface area contributed by atoms with Gasteiger partial charge in [0.2, 0.25) is 17.7 Å². The first kappa shape index (κ1) is 23.4. The van der Waals surface area contributed by atoms with E-state index in [1.165, 1.54) is 0 Å². The van der Waals surface area contributed by atoms with Gasteiger partial charge in [0.25, 0.3) is 0 Å². The Morgan fingerprint density at radius 2 is 1.94 bits per heavy atom. The van der Waals surface area contributed by atoms with Gasteiger partial charge in [-0.15, -0.1) is 0 Å². The Labute approximate surface area is 189 Å². The highest BCUT2D eigenvalue weighted by molar-refractivity contribution is 5.98. The average Bonchev–Trinajstić information content (AvgIpc) is 3.44. The molecule has 0 aromatic carbocycles. The van der Waals surface area contributed by atoms with Crippen LogP contribution in [0.1, 0.15) is 32.1 Å². The molecule has 2 unspecified atom stereocenters. The Hall–Kier alpha value is -1.75. The third-order valence-electron chi connectivity index (χ3n) is 7.49. The van der Waals surface area contributed by atoms with Crippen LogP contribution in [0.3, 0.4) is 0 Å². The Morgan fingerprint density at radius 3 is 2.66 bits per heavy atom. The quantitative estimate of drug-likeness (QED) is 0.353. The molecule has 4 rings (SSSR count). The molecule has 10 heteroatoms. The summed E-state index contributed by atoms with van der Waals surface area (Å²) in [6.07, 6.45) is 3.09. The van der Waals surface area contributed by atoms with E-state index in [9.17, 15) is 14.4 Å². The molecule has 3 N–H and O–H groups in total. The Kier molecular flexibility index (Phi) is 7.34. The van der Waals surface area contributed by atoms with Crippen molar-refractivity contribution in [3.63, 3.8) is 0 Å². The minimum atomic E-state index is -0.932. The van der Waals surface area contributed by atoms with Crippen LogP contribution in [0, 0.1) is 11.8 Å². The van der Waals surface area contributed by atoms with E-state index in [1.54, 1.807) is 11.9 Å². The Bertz CT molecular complexity index is 715. The largest absolute Gasteiger partial charge is 0.396 e. The van der Waals surface area contributed by atoms with Gasteiger partial charge in [-0.25, -0.2) is 0 Å². The molecule has 2 bridgehead atoms. The normalized spacial score (nSPS) is 34.1. The SMILES string of the molecule is CNC(=O)[C@@H]1[C@H]2C(=O)N(CCCCCO)C(C(=O)NCCN3CCOCC3)C23CC[C@H]1O3. The van der Waals surface area contributed by atoms with Gasteiger partial charge in [0.05, 0.1) is 31.2 Å². The lowest BCUT2D eigenvalue weighted by molar-refractivity contribution is -0.142. The fourth-order valence-electron chi connectivity index (χ4n) is 5.99. The third kappa shape index (κ3) is 4.13. The van der Waals surface area contributed by atoms with Crippen molar-refractivity contribution in [3.8, 4) is 0 Å². The van der Waals surface area contributed by atoms with Crippen LogP contribution < -0.4 is 10.6 Å². The summed E-state index contributed by atoms with van der Waals surface area (Å²) in [6.45, 7) is 4.85. The number of nitrogens with one attached hydrogen (secondary N) is 2. The highest BCUT2D eigenvalue weighted by atomic mass is 16.5. The van der Waals surface area contributed by atoms with E-state index in [-0.39, 0.29) is 30.4 Å². The lowest BCUT2D eigenvalue weighted by Gasteiger charge is -2.34. The van der Waals surface area contributed by atoms with Gasteiger partial charge in [-0.1, -0.05) is 0 Å². The number of aliphatic hydroxyl groups excluding tert-OH is 1. The second-order valence-electron chi connectivity index (χ2n) is 9.23. The van der Waals surface area contributed by atoms with Gasteiger partial charge in [-0.3, -0.25) is 19.3 Å². The van der Waals surface area contributed by atoms with Gasteiger partial charge in [-0.05, 0) is 32.1 Å². The number of nitrogens with zero attached hydrogens (tertiary/aromatic N) is 2. The molecular formula is C22H36N4O6. The topological polar surface area (TPSA) is 120 Å². The lowest BCUT2D eigenvalue weighted by Crippen LogP contribution is -2.56. The average molecular weight is 453 g/mol. The molecule has 4 fully saturated rings. The fraction of sp³-hybridized carbons (Fsp3) is 0.864. The summed E-state index contributed by atoms with van der Waals surface area (Å²) in [5.41, 5.74) is -0.932. The van der Waals surface area contributed by atoms with Gasteiger partial charge >= 0.3 is 0 Å². The van der Waals surface area contributed by atoms with Crippen LogP contribution in [0.2, 0.25) is 0 Å². The van der Waals surface area contributed by atoms with Gasteiger partial charge in [0.1, 0.15) is 11.6 Å². The summed E-state index contributed by atoms with van der Waals surface area (Å²) < 4.78 is 11.7. The molecule has 10 nitrogen and oxygen atoms in total. The predicted octanol–water partition coefficient (Wildman–Crippen LogP) is -1.28. The van der Waals surface area contributed by atoms with Crippen LogP contribution in [-0.2, 0) is 23.9 Å². The van der Waals surface area contributed by atoms with Crippen LogP contribution in [0.25, 0.3) is 0 Å². The van der Waals surface area contributed by atoms with E-state index in [1.807, 2.05) is 0 Å². The monoisotopic (exact) mass is 452 g/mol. The number of hydrogen-bond acceptors (Lipinski definition) is 7. The van der Waals surface area contributed by atoms with Crippen molar-refractivity contribution in [1.29, 1.82) is 0 Å². The maximum Gasteiger partial charge on any atom is 0.245 e. The standard InChI is InChI=1S/C22H36N4O6/c1-23-19(28)16-15-5-6-22(32-15)17(16)21(30)26(8-3-2-4-12-27)18(22)20(29)24-7-9-25-10-13-31-14-11-25/h15-18,27H,2-14H2,1H3,(H,23,28)(H,24,29)/t15-,16+,17+,18?,22?/m1/s1. The van der Waals surface area contributed by atoms with E-state index in [0.717, 1.165) is 26.1 Å². The molecule has 5 atom stereocenters. The number of ether oxygens (including phenoxy) is 2. The number of fused-ring (bicyclic) bond motifs is 1. The van der Waals surface area contributed by atoms with Crippen molar-refractivity contribution >= 4 is 17.7 Å².